The van der Waals surface area contributed by atoms with Crippen molar-refractivity contribution >= 4 is 48.6 Å². The summed E-state index contributed by atoms with van der Waals surface area (Å²) in [5, 5.41) is 2.76. The molecule has 1 heterocycles. The molecule has 236 valence electrons. The smallest absolute Gasteiger partial charge is 0.0465 e. The Morgan fingerprint density at radius 3 is 1.74 bits per heavy atom. The lowest BCUT2D eigenvalue weighted by molar-refractivity contribution is 0.443. The lowest BCUT2D eigenvalue weighted by Crippen LogP contribution is -2.16. The van der Waals surface area contributed by atoms with Crippen LogP contribution in [0.4, 0.5) is 17.1 Å². The second-order valence-corrected chi connectivity index (χ2v) is 16.1. The van der Waals surface area contributed by atoms with Gasteiger partial charge in [-0.3, -0.25) is 0 Å². The molecule has 0 N–H and O–H groups in total. The van der Waals surface area contributed by atoms with Crippen LogP contribution in [0, 0.1) is 0 Å². The van der Waals surface area contributed by atoms with Gasteiger partial charge in [0, 0.05) is 48.2 Å². The Balaban J connectivity index is 1.15. The first-order chi connectivity index (χ1) is 23.1. The minimum atomic E-state index is -0.0770. The molecule has 6 aromatic rings. The van der Waals surface area contributed by atoms with Crippen molar-refractivity contribution in [3.63, 3.8) is 0 Å². The van der Waals surface area contributed by atoms with Crippen molar-refractivity contribution in [2.24, 2.45) is 0 Å². The molecule has 47 heavy (non-hydrogen) atoms. The van der Waals surface area contributed by atoms with Crippen LogP contribution in [0.25, 0.3) is 31.3 Å². The molecular weight excluding hydrogens is 587 g/mol. The molecule has 3 aliphatic rings. The fourth-order valence-corrected chi connectivity index (χ4v) is 10.5. The quantitative estimate of drug-likeness (QED) is 0.183. The molecule has 0 amide bonds. The molecule has 5 aromatic carbocycles. The van der Waals surface area contributed by atoms with Crippen molar-refractivity contribution < 1.29 is 0 Å². The van der Waals surface area contributed by atoms with Crippen molar-refractivity contribution in [2.75, 3.05) is 4.90 Å². The van der Waals surface area contributed by atoms with Crippen LogP contribution in [0.2, 0.25) is 0 Å². The summed E-state index contributed by atoms with van der Waals surface area (Å²) in [6.45, 7) is 4.84. The van der Waals surface area contributed by atoms with Gasteiger partial charge in [-0.15, -0.1) is 11.3 Å². The molecule has 0 saturated heterocycles. The van der Waals surface area contributed by atoms with E-state index in [0.717, 1.165) is 0 Å². The van der Waals surface area contributed by atoms with E-state index >= 15 is 0 Å². The van der Waals surface area contributed by atoms with E-state index in [9.17, 15) is 0 Å². The Labute approximate surface area is 284 Å². The first kappa shape index (κ1) is 29.3. The number of benzene rings is 5. The SMILES string of the molecule is CC1(C)c2cc(N(c3ccc(C4CCCCC4)cc3)c3ccc(C4CCCCC4)cc3)ccc2-c2c1ccc1c2sc2ccccc21. The zero-order chi connectivity index (χ0) is 31.5. The van der Waals surface area contributed by atoms with Crippen LogP contribution in [0.3, 0.4) is 0 Å². The average Bonchev–Trinajstić information content (AvgIpc) is 3.62. The maximum Gasteiger partial charge on any atom is 0.0465 e. The Kier molecular flexibility index (Phi) is 7.27. The van der Waals surface area contributed by atoms with Gasteiger partial charge < -0.3 is 4.90 Å². The van der Waals surface area contributed by atoms with Crippen LogP contribution in [-0.2, 0) is 5.41 Å². The standard InChI is InChI=1S/C45H45NS/c1-45(2)40-28-27-38-37-15-9-10-16-42(37)47-44(38)43(40)39-26-25-36(29-41(39)45)46(34-21-17-32(18-22-34)30-11-5-3-6-12-30)35-23-19-33(20-24-35)31-13-7-4-8-14-31/h9-10,15-31H,3-8,11-14H2,1-2H3. The van der Waals surface area contributed by atoms with E-state index in [2.05, 4.69) is 122 Å². The van der Waals surface area contributed by atoms with E-state index in [-0.39, 0.29) is 5.41 Å². The fraction of sp³-hybridized carbons (Fsp3) is 0.333. The maximum absolute atomic E-state index is 2.50. The van der Waals surface area contributed by atoms with Gasteiger partial charge in [0.05, 0.1) is 0 Å². The van der Waals surface area contributed by atoms with Gasteiger partial charge in [0.15, 0.2) is 0 Å². The number of thiophene rings is 1. The first-order valence-corrected chi connectivity index (χ1v) is 19.0. The van der Waals surface area contributed by atoms with Gasteiger partial charge in [-0.05, 0) is 108 Å². The molecule has 2 fully saturated rings. The Morgan fingerprint density at radius 1 is 0.553 bits per heavy atom. The minimum absolute atomic E-state index is 0.0770. The molecule has 9 rings (SSSR count). The summed E-state index contributed by atoms with van der Waals surface area (Å²) < 4.78 is 2.80. The van der Waals surface area contributed by atoms with Crippen LogP contribution < -0.4 is 4.90 Å². The topological polar surface area (TPSA) is 3.24 Å². The predicted octanol–water partition coefficient (Wildman–Crippen LogP) is 13.9. The molecule has 3 aliphatic carbocycles. The van der Waals surface area contributed by atoms with E-state index in [1.54, 1.807) is 0 Å². The predicted molar refractivity (Wildman–Crippen MR) is 203 cm³/mol. The van der Waals surface area contributed by atoms with E-state index in [1.165, 1.54) is 135 Å². The highest BCUT2D eigenvalue weighted by molar-refractivity contribution is 7.26. The minimum Gasteiger partial charge on any atom is -0.310 e. The summed E-state index contributed by atoms with van der Waals surface area (Å²) in [6, 6.07) is 40.2. The summed E-state index contributed by atoms with van der Waals surface area (Å²) in [6.07, 6.45) is 13.6. The molecule has 0 bridgehead atoms. The zero-order valence-electron chi connectivity index (χ0n) is 27.9. The molecule has 0 unspecified atom stereocenters. The van der Waals surface area contributed by atoms with Crippen LogP contribution in [-0.4, -0.2) is 0 Å². The molecule has 0 radical (unpaired) electrons. The van der Waals surface area contributed by atoms with E-state index in [4.69, 9.17) is 0 Å². The summed E-state index contributed by atoms with van der Waals surface area (Å²) >= 11 is 1.95. The van der Waals surface area contributed by atoms with Crippen LogP contribution in [0.1, 0.15) is 112 Å². The van der Waals surface area contributed by atoms with E-state index in [1.807, 2.05) is 11.3 Å². The number of anilines is 3. The summed E-state index contributed by atoms with van der Waals surface area (Å²) in [5.74, 6) is 1.43. The third-order valence-electron chi connectivity index (χ3n) is 11.9. The van der Waals surface area contributed by atoms with Gasteiger partial charge in [-0.25, -0.2) is 0 Å². The molecule has 1 aromatic heterocycles. The number of rotatable bonds is 5. The molecule has 2 heteroatoms. The van der Waals surface area contributed by atoms with E-state index < -0.39 is 0 Å². The summed E-state index contributed by atoms with van der Waals surface area (Å²) in [5.41, 5.74) is 12.4. The van der Waals surface area contributed by atoms with Crippen LogP contribution in [0.5, 0.6) is 0 Å². The molecule has 0 atom stereocenters. The van der Waals surface area contributed by atoms with Crippen LogP contribution >= 0.6 is 11.3 Å². The van der Waals surface area contributed by atoms with Gasteiger partial charge in [0.2, 0.25) is 0 Å². The van der Waals surface area contributed by atoms with Crippen molar-refractivity contribution in [3.8, 4) is 11.1 Å². The molecule has 1 nitrogen and oxygen atoms in total. The van der Waals surface area contributed by atoms with Gasteiger partial charge in [0.25, 0.3) is 0 Å². The average molecular weight is 632 g/mol. The highest BCUT2D eigenvalue weighted by Crippen LogP contribution is 2.55. The van der Waals surface area contributed by atoms with Crippen molar-refractivity contribution in [3.05, 3.63) is 125 Å². The van der Waals surface area contributed by atoms with Gasteiger partial charge in [0.1, 0.15) is 0 Å². The lowest BCUT2D eigenvalue weighted by Gasteiger charge is -2.29. The van der Waals surface area contributed by atoms with Crippen molar-refractivity contribution in [1.29, 1.82) is 0 Å². The Morgan fingerprint density at radius 2 is 1.13 bits per heavy atom. The fourth-order valence-electron chi connectivity index (χ4n) is 9.24. The largest absolute Gasteiger partial charge is 0.310 e. The van der Waals surface area contributed by atoms with Gasteiger partial charge >= 0.3 is 0 Å². The van der Waals surface area contributed by atoms with Crippen molar-refractivity contribution in [1.82, 2.24) is 0 Å². The third-order valence-corrected chi connectivity index (χ3v) is 13.1. The number of hydrogen-bond acceptors (Lipinski definition) is 2. The monoisotopic (exact) mass is 631 g/mol. The van der Waals surface area contributed by atoms with Crippen LogP contribution in [0.15, 0.2) is 103 Å². The number of hydrogen-bond donors (Lipinski definition) is 0. The molecular formula is C45H45NS. The zero-order valence-corrected chi connectivity index (χ0v) is 28.7. The second kappa shape index (κ2) is 11.7. The van der Waals surface area contributed by atoms with Gasteiger partial charge in [-0.1, -0.05) is 113 Å². The van der Waals surface area contributed by atoms with Crippen molar-refractivity contribution in [2.45, 2.75) is 95.3 Å². The molecule has 0 aliphatic heterocycles. The summed E-state index contributed by atoms with van der Waals surface area (Å²) in [7, 11) is 0. The third kappa shape index (κ3) is 4.94. The lowest BCUT2D eigenvalue weighted by atomic mass is 9.82. The Bertz CT molecular complexity index is 2010. The highest BCUT2D eigenvalue weighted by Gasteiger charge is 2.37. The normalized spacial score (nSPS) is 18.0. The summed E-state index contributed by atoms with van der Waals surface area (Å²) in [4.78, 5) is 2.50. The Hall–Kier alpha value is -3.88. The maximum atomic E-state index is 2.50. The van der Waals surface area contributed by atoms with E-state index in [0.29, 0.717) is 11.8 Å². The second-order valence-electron chi connectivity index (χ2n) is 15.0. The first-order valence-electron chi connectivity index (χ1n) is 18.2. The number of fused-ring (bicyclic) bond motifs is 7. The molecule has 2 saturated carbocycles. The number of nitrogens with zero attached hydrogens (tertiary/aromatic N) is 1. The highest BCUT2D eigenvalue weighted by atomic mass is 32.1. The molecule has 0 spiro atoms. The van der Waals surface area contributed by atoms with Gasteiger partial charge in [-0.2, -0.15) is 0 Å².